The molecule has 0 amide bonds. The Labute approximate surface area is 290 Å². The molecule has 2 unspecified atom stereocenters. The molecule has 5 aromatic rings. The van der Waals surface area contributed by atoms with Crippen molar-refractivity contribution in [1.82, 2.24) is 0 Å². The van der Waals surface area contributed by atoms with Crippen molar-refractivity contribution in [3.05, 3.63) is 202 Å². The average Bonchev–Trinajstić information content (AvgIpc) is 3.11. The molecule has 0 spiro atoms. The molecule has 0 fully saturated rings. The highest BCUT2D eigenvalue weighted by Gasteiger charge is 2.49. The molecule has 234 valence electrons. The van der Waals surface area contributed by atoms with E-state index in [0.29, 0.717) is 0 Å². The van der Waals surface area contributed by atoms with Crippen molar-refractivity contribution in [2.45, 2.75) is 32.2 Å². The molecule has 8 rings (SSSR count). The zero-order valence-corrected chi connectivity index (χ0v) is 28.5. The molecule has 3 aliphatic rings. The van der Waals surface area contributed by atoms with Gasteiger partial charge in [-0.1, -0.05) is 153 Å². The van der Waals surface area contributed by atoms with E-state index in [9.17, 15) is 0 Å². The summed E-state index contributed by atoms with van der Waals surface area (Å²) in [5.74, 6) is 0.134. The van der Waals surface area contributed by atoms with Gasteiger partial charge in [0.25, 0.3) is 0 Å². The number of nitrogens with zero attached hydrogens (tertiary/aromatic N) is 1. The average molecular weight is 638 g/mol. The van der Waals surface area contributed by atoms with Crippen LogP contribution in [0.1, 0.15) is 47.2 Å². The second-order valence-corrected chi connectivity index (χ2v) is 13.4. The lowest BCUT2D eigenvalue weighted by molar-refractivity contribution is 0.607. The molecule has 2 atom stereocenters. The number of anilines is 2. The van der Waals surface area contributed by atoms with Crippen LogP contribution in [0.25, 0.3) is 22.8 Å². The first kappa shape index (κ1) is 30.3. The van der Waals surface area contributed by atoms with Crippen LogP contribution in [0.3, 0.4) is 0 Å². The molecule has 1 nitrogen and oxygen atoms in total. The molecule has 0 saturated heterocycles. The highest BCUT2D eigenvalue weighted by molar-refractivity contribution is 7.83. The first-order valence-electron chi connectivity index (χ1n) is 16.9. The number of hydrogen-bond acceptors (Lipinski definition) is 2. The Hall–Kier alpha value is -5.05. The predicted molar refractivity (Wildman–Crippen MR) is 208 cm³/mol. The summed E-state index contributed by atoms with van der Waals surface area (Å²) in [7, 11) is 0. The van der Waals surface area contributed by atoms with Crippen LogP contribution in [-0.2, 0) is 5.41 Å². The monoisotopic (exact) mass is 637 g/mol. The standard InChI is InChI=1S/C46H39NS/c1-31-28-39-38-24-15-18-34-17-10-11-23-37(34)45(39)44(29-31)47-33(3)41(26-14-16-32(2)40(38)30-48)46(35-19-6-4-7-20-35,36-21-8-5-9-22-36)42-25-12-13-27-43(42)47/h4-30,32-33,48H,1-3H3/b16-14-,18-15-,24-15?,34-18?,38-24-,39-38?,40-30+,41-26+,45-37?. The van der Waals surface area contributed by atoms with Gasteiger partial charge in [0.2, 0.25) is 0 Å². The Morgan fingerprint density at radius 2 is 1.35 bits per heavy atom. The highest BCUT2D eigenvalue weighted by atomic mass is 32.1. The fourth-order valence-corrected chi connectivity index (χ4v) is 8.76. The summed E-state index contributed by atoms with van der Waals surface area (Å²) in [6.45, 7) is 6.91. The summed E-state index contributed by atoms with van der Waals surface area (Å²) in [6.07, 6.45) is 13.8. The van der Waals surface area contributed by atoms with E-state index in [-0.39, 0.29) is 12.0 Å². The number of fused-ring (bicyclic) bond motifs is 6. The maximum absolute atomic E-state index is 4.84. The number of thiol groups is 1. The number of allylic oxidation sites excluding steroid dienone is 7. The minimum atomic E-state index is -0.501. The van der Waals surface area contributed by atoms with E-state index in [4.69, 9.17) is 12.6 Å². The molecule has 2 aliphatic heterocycles. The van der Waals surface area contributed by atoms with Crippen molar-refractivity contribution >= 4 is 35.7 Å². The van der Waals surface area contributed by atoms with Gasteiger partial charge in [0, 0.05) is 17.2 Å². The Bertz CT molecular complexity index is 2140. The van der Waals surface area contributed by atoms with Crippen LogP contribution in [0.2, 0.25) is 0 Å². The van der Waals surface area contributed by atoms with Crippen LogP contribution in [0.5, 0.6) is 0 Å². The first-order valence-corrected chi connectivity index (χ1v) is 17.4. The molecule has 6 bridgehead atoms. The summed E-state index contributed by atoms with van der Waals surface area (Å²) >= 11 is 4.84. The van der Waals surface area contributed by atoms with Gasteiger partial charge in [0.15, 0.2) is 0 Å². The summed E-state index contributed by atoms with van der Waals surface area (Å²) < 4.78 is 0. The van der Waals surface area contributed by atoms with Gasteiger partial charge in [-0.05, 0) is 87.1 Å². The molecule has 0 N–H and O–H groups in total. The maximum atomic E-state index is 4.84. The van der Waals surface area contributed by atoms with Crippen LogP contribution >= 0.6 is 12.6 Å². The van der Waals surface area contributed by atoms with Crippen molar-refractivity contribution in [3.8, 4) is 11.1 Å². The third kappa shape index (κ3) is 4.62. The lowest BCUT2D eigenvalue weighted by atomic mass is 9.60. The van der Waals surface area contributed by atoms with Gasteiger partial charge in [-0.3, -0.25) is 0 Å². The number of benzene rings is 5. The molecule has 0 aromatic heterocycles. The van der Waals surface area contributed by atoms with Crippen LogP contribution in [0, 0.1) is 12.8 Å². The fourth-order valence-electron chi connectivity index (χ4n) is 8.38. The van der Waals surface area contributed by atoms with Crippen LogP contribution in [-0.4, -0.2) is 6.04 Å². The van der Waals surface area contributed by atoms with Crippen molar-refractivity contribution in [1.29, 1.82) is 0 Å². The number of aryl methyl sites for hydroxylation is 1. The minimum absolute atomic E-state index is 0.0195. The minimum Gasteiger partial charge on any atom is -0.334 e. The van der Waals surface area contributed by atoms with Gasteiger partial charge in [-0.15, -0.1) is 0 Å². The summed E-state index contributed by atoms with van der Waals surface area (Å²) in [5, 5.41) is 2.00. The Kier molecular flexibility index (Phi) is 7.70. The van der Waals surface area contributed by atoms with E-state index < -0.39 is 5.41 Å². The van der Waals surface area contributed by atoms with E-state index >= 15 is 0 Å². The predicted octanol–water partition coefficient (Wildman–Crippen LogP) is 11.9. The lowest BCUT2D eigenvalue weighted by Crippen LogP contribution is -2.47. The fraction of sp³-hybridized carbons (Fsp3) is 0.130. The van der Waals surface area contributed by atoms with E-state index in [0.717, 1.165) is 0 Å². The summed E-state index contributed by atoms with van der Waals surface area (Å²) in [6, 6.07) is 44.9. The van der Waals surface area contributed by atoms with Crippen LogP contribution in [0.4, 0.5) is 11.4 Å². The lowest BCUT2D eigenvalue weighted by Gasteiger charge is -2.51. The van der Waals surface area contributed by atoms with Crippen molar-refractivity contribution in [2.24, 2.45) is 5.92 Å². The molecule has 2 heterocycles. The smallest absolute Gasteiger partial charge is 0.0704 e. The van der Waals surface area contributed by atoms with Crippen molar-refractivity contribution in [3.63, 3.8) is 0 Å². The molecule has 1 aliphatic carbocycles. The Morgan fingerprint density at radius 3 is 2.08 bits per heavy atom. The van der Waals surface area contributed by atoms with E-state index in [1.165, 1.54) is 72.6 Å². The Balaban J connectivity index is 1.57. The largest absolute Gasteiger partial charge is 0.334 e. The summed E-state index contributed by atoms with van der Waals surface area (Å²) in [5.41, 5.74) is 15.7. The first-order chi connectivity index (χ1) is 23.5. The molecule has 5 aromatic carbocycles. The highest BCUT2D eigenvalue weighted by Crippen LogP contribution is 2.57. The van der Waals surface area contributed by atoms with Gasteiger partial charge in [-0.25, -0.2) is 0 Å². The van der Waals surface area contributed by atoms with Crippen molar-refractivity contribution in [2.75, 3.05) is 4.90 Å². The molecule has 2 heteroatoms. The van der Waals surface area contributed by atoms with E-state index in [1.54, 1.807) is 0 Å². The third-order valence-electron chi connectivity index (χ3n) is 10.4. The summed E-state index contributed by atoms with van der Waals surface area (Å²) in [4.78, 5) is 2.61. The molecule has 0 saturated carbocycles. The van der Waals surface area contributed by atoms with E-state index in [1.807, 2.05) is 5.41 Å². The number of para-hydroxylation sites is 1. The second-order valence-electron chi connectivity index (χ2n) is 13.2. The van der Waals surface area contributed by atoms with Gasteiger partial charge in [0.05, 0.1) is 17.1 Å². The van der Waals surface area contributed by atoms with Gasteiger partial charge in [0.1, 0.15) is 0 Å². The number of hydrogen-bond donors (Lipinski definition) is 1. The second kappa shape index (κ2) is 12.2. The van der Waals surface area contributed by atoms with Gasteiger partial charge < -0.3 is 4.90 Å². The Morgan fingerprint density at radius 1 is 0.688 bits per heavy atom. The molecular weight excluding hydrogens is 599 g/mol. The van der Waals surface area contributed by atoms with Gasteiger partial charge in [-0.2, -0.15) is 12.6 Å². The maximum Gasteiger partial charge on any atom is 0.0704 e. The van der Waals surface area contributed by atoms with Crippen LogP contribution < -0.4 is 4.90 Å². The topological polar surface area (TPSA) is 3.24 Å². The molecular formula is C46H39NS. The van der Waals surface area contributed by atoms with Gasteiger partial charge >= 0.3 is 0 Å². The molecule has 48 heavy (non-hydrogen) atoms. The van der Waals surface area contributed by atoms with E-state index in [2.05, 4.69) is 183 Å². The SMILES string of the molecule is Cc1cc2c3c(c1)N1c4ccccc4C(c4ccccc4)(c4ccccc4)/C(=C/C=C\C(C)C(=C\S)/C2=C\C=C/c2ccccc2-3)C1C. The molecule has 0 radical (unpaired) electrons. The van der Waals surface area contributed by atoms with Crippen LogP contribution in [0.15, 0.2) is 168 Å². The zero-order valence-electron chi connectivity index (χ0n) is 27.6. The zero-order chi connectivity index (χ0) is 32.8. The quantitative estimate of drug-likeness (QED) is 0.189. The normalized spacial score (nSPS) is 23.4. The van der Waals surface area contributed by atoms with Crippen molar-refractivity contribution < 1.29 is 0 Å². The number of rotatable bonds is 2. The third-order valence-corrected chi connectivity index (χ3v) is 10.7.